The molecule has 2 heterocycles. The van der Waals surface area contributed by atoms with Gasteiger partial charge in [0.25, 0.3) is 5.91 Å². The molecule has 3 rings (SSSR count). The number of carbonyl (C=O) groups excluding carboxylic acids is 1. The van der Waals surface area contributed by atoms with Gasteiger partial charge in [0.1, 0.15) is 4.32 Å². The van der Waals surface area contributed by atoms with Gasteiger partial charge in [0.15, 0.2) is 11.5 Å². The lowest BCUT2D eigenvalue weighted by atomic mass is 10.2. The summed E-state index contributed by atoms with van der Waals surface area (Å²) in [6.45, 7) is 1.63. The molecule has 0 unspecified atom stereocenters. The molecule has 0 aromatic heterocycles. The smallest absolute Gasteiger partial charge is 0.266 e. The van der Waals surface area contributed by atoms with E-state index in [1.54, 1.807) is 4.90 Å². The molecule has 7 heteroatoms. The molecule has 1 fully saturated rings. The maximum absolute atomic E-state index is 12.4. The zero-order valence-corrected chi connectivity index (χ0v) is 14.0. The molecule has 0 radical (unpaired) electrons. The molecule has 1 saturated heterocycles. The van der Waals surface area contributed by atoms with Crippen molar-refractivity contribution in [1.29, 1.82) is 0 Å². The highest BCUT2D eigenvalue weighted by Gasteiger charge is 2.31. The van der Waals surface area contributed by atoms with Crippen LogP contribution < -0.4 is 9.47 Å². The zero-order chi connectivity index (χ0) is 15.7. The van der Waals surface area contributed by atoms with Crippen molar-refractivity contribution >= 4 is 40.3 Å². The van der Waals surface area contributed by atoms with Gasteiger partial charge in [-0.2, -0.15) is 0 Å². The Labute approximate surface area is 138 Å². The van der Waals surface area contributed by atoms with Gasteiger partial charge < -0.3 is 14.4 Å². The summed E-state index contributed by atoms with van der Waals surface area (Å²) in [5.41, 5.74) is 0.900. The highest BCUT2D eigenvalue weighted by atomic mass is 32.2. The summed E-state index contributed by atoms with van der Waals surface area (Å²) in [6, 6.07) is 5.62. The Morgan fingerprint density at radius 1 is 1.36 bits per heavy atom. The minimum Gasteiger partial charge on any atom is -0.454 e. The lowest BCUT2D eigenvalue weighted by Crippen LogP contribution is -2.34. The Hall–Kier alpha value is -1.57. The van der Waals surface area contributed by atoms with E-state index in [2.05, 4.69) is 0 Å². The van der Waals surface area contributed by atoms with E-state index in [1.165, 1.54) is 11.8 Å². The molecule has 0 aliphatic carbocycles. The first-order valence-corrected chi connectivity index (χ1v) is 8.07. The van der Waals surface area contributed by atoms with E-state index >= 15 is 0 Å². The van der Waals surface area contributed by atoms with E-state index in [4.69, 9.17) is 21.7 Å². The number of carbonyl (C=O) groups is 1. The molecule has 1 amide bonds. The fourth-order valence-electron chi connectivity index (χ4n) is 2.15. The van der Waals surface area contributed by atoms with Gasteiger partial charge in [-0.3, -0.25) is 9.69 Å². The summed E-state index contributed by atoms with van der Waals surface area (Å²) >= 11 is 6.65. The molecule has 2 aliphatic heterocycles. The molecule has 22 heavy (non-hydrogen) atoms. The van der Waals surface area contributed by atoms with E-state index in [1.807, 2.05) is 43.3 Å². The van der Waals surface area contributed by atoms with Crippen LogP contribution in [0, 0.1) is 0 Å². The first-order valence-electron chi connectivity index (χ1n) is 6.84. The third-order valence-electron chi connectivity index (χ3n) is 3.34. The lowest BCUT2D eigenvalue weighted by Gasteiger charge is -2.17. The molecule has 1 aromatic rings. The van der Waals surface area contributed by atoms with Crippen LogP contribution in [0.15, 0.2) is 23.1 Å². The topological polar surface area (TPSA) is 42.0 Å². The highest BCUT2D eigenvalue weighted by molar-refractivity contribution is 8.26. The van der Waals surface area contributed by atoms with E-state index in [0.717, 1.165) is 17.9 Å². The third-order valence-corrected chi connectivity index (χ3v) is 4.72. The Morgan fingerprint density at radius 3 is 2.91 bits per heavy atom. The molecule has 1 aromatic carbocycles. The number of rotatable bonds is 4. The summed E-state index contributed by atoms with van der Waals surface area (Å²) in [7, 11) is 3.94. The van der Waals surface area contributed by atoms with E-state index in [9.17, 15) is 4.79 Å². The molecule has 116 valence electrons. The van der Waals surface area contributed by atoms with Crippen LogP contribution in [0.5, 0.6) is 11.5 Å². The van der Waals surface area contributed by atoms with Crippen LogP contribution in [0.1, 0.15) is 5.56 Å². The van der Waals surface area contributed by atoms with Gasteiger partial charge in [-0.1, -0.05) is 30.0 Å². The SMILES string of the molecule is CN(C)CCN1C(=O)/C(=C/c2ccc3c(c2)OCO3)SC1=S. The van der Waals surface area contributed by atoms with Crippen molar-refractivity contribution in [3.05, 3.63) is 28.7 Å². The van der Waals surface area contributed by atoms with Gasteiger partial charge in [-0.15, -0.1) is 0 Å². The van der Waals surface area contributed by atoms with Crippen molar-refractivity contribution in [2.75, 3.05) is 34.0 Å². The summed E-state index contributed by atoms with van der Waals surface area (Å²) in [5, 5.41) is 0. The van der Waals surface area contributed by atoms with Crippen LogP contribution in [0.3, 0.4) is 0 Å². The molecular formula is C15H16N2O3S2. The largest absolute Gasteiger partial charge is 0.454 e. The minimum absolute atomic E-state index is 0.0329. The van der Waals surface area contributed by atoms with Crippen LogP contribution in [-0.2, 0) is 4.79 Å². The number of nitrogens with zero attached hydrogens (tertiary/aromatic N) is 2. The summed E-state index contributed by atoms with van der Waals surface area (Å²) in [4.78, 5) is 16.8. The third kappa shape index (κ3) is 3.11. The summed E-state index contributed by atoms with van der Waals surface area (Å²) < 4.78 is 11.2. The van der Waals surface area contributed by atoms with Crippen LogP contribution in [0.2, 0.25) is 0 Å². The fraction of sp³-hybridized carbons (Fsp3) is 0.333. The normalized spacial score (nSPS) is 18.9. The predicted octanol–water partition coefficient (Wildman–Crippen LogP) is 2.18. The van der Waals surface area contributed by atoms with Gasteiger partial charge in [0.2, 0.25) is 6.79 Å². The van der Waals surface area contributed by atoms with Crippen LogP contribution >= 0.6 is 24.0 Å². The number of benzene rings is 1. The van der Waals surface area contributed by atoms with Crippen molar-refractivity contribution in [2.45, 2.75) is 0 Å². The Morgan fingerprint density at radius 2 is 2.14 bits per heavy atom. The Kier molecular flexibility index (Phi) is 4.37. The van der Waals surface area contributed by atoms with Crippen LogP contribution in [-0.4, -0.2) is 54.0 Å². The average Bonchev–Trinajstić information content (AvgIpc) is 3.02. The lowest BCUT2D eigenvalue weighted by molar-refractivity contribution is -0.122. The molecule has 5 nitrogen and oxygen atoms in total. The van der Waals surface area contributed by atoms with Crippen molar-refractivity contribution in [1.82, 2.24) is 9.80 Å². The number of amides is 1. The second-order valence-corrected chi connectivity index (χ2v) is 6.93. The van der Waals surface area contributed by atoms with Crippen molar-refractivity contribution in [3.8, 4) is 11.5 Å². The number of ether oxygens (including phenoxy) is 2. The van der Waals surface area contributed by atoms with Crippen LogP contribution in [0.25, 0.3) is 6.08 Å². The molecule has 0 atom stereocenters. The molecule has 0 N–H and O–H groups in total. The number of likely N-dealkylation sites (N-methyl/N-ethyl adjacent to an activating group) is 1. The molecule has 0 spiro atoms. The quantitative estimate of drug-likeness (QED) is 0.620. The fourth-order valence-corrected chi connectivity index (χ4v) is 3.46. The van der Waals surface area contributed by atoms with Crippen molar-refractivity contribution in [2.24, 2.45) is 0 Å². The van der Waals surface area contributed by atoms with Gasteiger partial charge in [0.05, 0.1) is 4.91 Å². The molecule has 0 saturated carbocycles. The highest BCUT2D eigenvalue weighted by Crippen LogP contribution is 2.36. The first kappa shape index (κ1) is 15.3. The summed E-state index contributed by atoms with van der Waals surface area (Å²) in [5.74, 6) is 1.40. The Balaban J connectivity index is 1.77. The number of hydrogen-bond donors (Lipinski definition) is 0. The molecule has 0 bridgehead atoms. The second kappa shape index (κ2) is 6.28. The van der Waals surface area contributed by atoms with Gasteiger partial charge >= 0.3 is 0 Å². The van der Waals surface area contributed by atoms with Crippen molar-refractivity contribution < 1.29 is 14.3 Å². The van der Waals surface area contributed by atoms with E-state index < -0.39 is 0 Å². The van der Waals surface area contributed by atoms with E-state index in [-0.39, 0.29) is 12.7 Å². The second-order valence-electron chi connectivity index (χ2n) is 5.25. The first-order chi connectivity index (χ1) is 10.5. The number of fused-ring (bicyclic) bond motifs is 1. The minimum atomic E-state index is -0.0329. The maximum atomic E-state index is 12.4. The van der Waals surface area contributed by atoms with Crippen LogP contribution in [0.4, 0.5) is 0 Å². The number of hydrogen-bond acceptors (Lipinski definition) is 6. The molecular weight excluding hydrogens is 320 g/mol. The molecule has 2 aliphatic rings. The number of thiocarbonyl (C=S) groups is 1. The van der Waals surface area contributed by atoms with E-state index in [0.29, 0.717) is 21.5 Å². The monoisotopic (exact) mass is 336 g/mol. The summed E-state index contributed by atoms with van der Waals surface area (Å²) in [6.07, 6.45) is 1.84. The van der Waals surface area contributed by atoms with Gasteiger partial charge in [-0.05, 0) is 37.9 Å². The van der Waals surface area contributed by atoms with Gasteiger partial charge in [-0.25, -0.2) is 0 Å². The van der Waals surface area contributed by atoms with Crippen molar-refractivity contribution in [3.63, 3.8) is 0 Å². The van der Waals surface area contributed by atoms with Gasteiger partial charge in [0, 0.05) is 13.1 Å². The standard InChI is InChI=1S/C15H16N2O3S2/c1-16(2)5-6-17-14(18)13(22-15(17)21)8-10-3-4-11-12(7-10)20-9-19-11/h3-4,7-8H,5-6,9H2,1-2H3/b13-8-. The Bertz CT molecular complexity index is 658. The maximum Gasteiger partial charge on any atom is 0.266 e. The number of thioether (sulfide) groups is 1. The zero-order valence-electron chi connectivity index (χ0n) is 12.4. The average molecular weight is 336 g/mol. The predicted molar refractivity (Wildman–Crippen MR) is 91.0 cm³/mol.